The number of carbonyl (C=O) groups is 2. The molecule has 2 aromatic rings. The Kier molecular flexibility index (Phi) is 12.8. The minimum atomic E-state index is -4.19. The fourth-order valence-electron chi connectivity index (χ4n) is 6.49. The Morgan fingerprint density at radius 1 is 1.02 bits per heavy atom. The molecule has 2 saturated heterocycles. The van der Waals surface area contributed by atoms with Crippen LogP contribution < -0.4 is 20.1 Å². The van der Waals surface area contributed by atoms with Gasteiger partial charge in [-0.15, -0.1) is 0 Å². The number of ether oxygens (including phenoxy) is 6. The predicted octanol–water partition coefficient (Wildman–Crippen LogP) is 3.46. The molecular formula is C35H49N3O11S. The van der Waals surface area contributed by atoms with Crippen LogP contribution in [0.5, 0.6) is 11.5 Å². The third-order valence-corrected chi connectivity index (χ3v) is 11.0. The van der Waals surface area contributed by atoms with Gasteiger partial charge in [0.2, 0.25) is 10.0 Å². The average Bonchev–Trinajstić information content (AvgIpc) is 3.72. The van der Waals surface area contributed by atoms with Crippen LogP contribution in [0.15, 0.2) is 53.4 Å². The number of alkyl carbamates (subject to hydrolysis) is 2. The summed E-state index contributed by atoms with van der Waals surface area (Å²) in [5.41, 5.74) is 0.308. The molecule has 2 amide bonds. The molecule has 5 rings (SSSR count). The molecule has 14 nitrogen and oxygen atoms in total. The van der Waals surface area contributed by atoms with Crippen molar-refractivity contribution in [2.24, 2.45) is 11.3 Å². The number of carbonyl (C=O) groups excluding carboxylic acids is 2. The second-order valence-corrected chi connectivity index (χ2v) is 15.6. The fraction of sp³-hybridized carbons (Fsp3) is 0.600. The molecule has 0 spiro atoms. The van der Waals surface area contributed by atoms with E-state index in [1.165, 1.54) is 23.5 Å². The molecule has 0 unspecified atom stereocenters. The molecule has 2 fully saturated rings. The van der Waals surface area contributed by atoms with Crippen molar-refractivity contribution in [1.29, 1.82) is 0 Å². The van der Waals surface area contributed by atoms with Crippen molar-refractivity contribution >= 4 is 22.2 Å². The van der Waals surface area contributed by atoms with Crippen LogP contribution in [0.3, 0.4) is 0 Å². The fourth-order valence-corrected chi connectivity index (χ4v) is 8.15. The summed E-state index contributed by atoms with van der Waals surface area (Å²) < 4.78 is 62.8. The Morgan fingerprint density at radius 3 is 2.54 bits per heavy atom. The molecule has 3 aliphatic heterocycles. The van der Waals surface area contributed by atoms with Gasteiger partial charge in [0, 0.05) is 25.7 Å². The number of rotatable bonds is 16. The first-order chi connectivity index (χ1) is 23.9. The van der Waals surface area contributed by atoms with Crippen molar-refractivity contribution in [2.45, 2.75) is 75.4 Å². The van der Waals surface area contributed by atoms with Gasteiger partial charge in [-0.1, -0.05) is 50.6 Å². The number of methoxy groups -OCH3 is 1. The van der Waals surface area contributed by atoms with Crippen LogP contribution in [0.1, 0.15) is 45.1 Å². The second kappa shape index (κ2) is 17.1. The lowest BCUT2D eigenvalue weighted by atomic mass is 9.87. The maximum absolute atomic E-state index is 14.4. The van der Waals surface area contributed by atoms with Gasteiger partial charge < -0.3 is 44.2 Å². The molecule has 2 aromatic carbocycles. The van der Waals surface area contributed by atoms with Crippen molar-refractivity contribution in [3.05, 3.63) is 54.1 Å². The summed E-state index contributed by atoms with van der Waals surface area (Å²) in [7, 11) is -2.88. The minimum absolute atomic E-state index is 0.00595. The molecule has 3 N–H and O–H groups in total. The van der Waals surface area contributed by atoms with Gasteiger partial charge in [-0.3, -0.25) is 0 Å². The van der Waals surface area contributed by atoms with Gasteiger partial charge in [0.1, 0.15) is 19.3 Å². The number of hydrogen-bond acceptors (Lipinski definition) is 11. The summed E-state index contributed by atoms with van der Waals surface area (Å²) in [6.45, 7) is 5.49. The second-order valence-electron chi connectivity index (χ2n) is 13.6. The van der Waals surface area contributed by atoms with Gasteiger partial charge in [-0.2, -0.15) is 4.31 Å². The van der Waals surface area contributed by atoms with E-state index in [1.807, 2.05) is 44.2 Å². The molecule has 15 heteroatoms. The van der Waals surface area contributed by atoms with E-state index in [0.717, 1.165) is 5.56 Å². The van der Waals surface area contributed by atoms with E-state index in [-0.39, 0.29) is 36.9 Å². The summed E-state index contributed by atoms with van der Waals surface area (Å²) in [5.74, 6) is 0.715. The molecule has 0 saturated carbocycles. The first-order valence-corrected chi connectivity index (χ1v) is 18.5. The van der Waals surface area contributed by atoms with Gasteiger partial charge in [0.05, 0.1) is 43.3 Å². The number of hydrogen-bond donors (Lipinski definition) is 3. The Labute approximate surface area is 293 Å². The highest BCUT2D eigenvalue weighted by Crippen LogP contribution is 2.35. The number of amides is 2. The van der Waals surface area contributed by atoms with Crippen molar-refractivity contribution in [3.63, 3.8) is 0 Å². The maximum Gasteiger partial charge on any atom is 0.407 e. The zero-order valence-electron chi connectivity index (χ0n) is 28.9. The lowest BCUT2D eigenvalue weighted by Gasteiger charge is -2.35. The number of sulfonamides is 1. The van der Waals surface area contributed by atoms with Gasteiger partial charge in [-0.05, 0) is 48.8 Å². The van der Waals surface area contributed by atoms with E-state index in [1.54, 1.807) is 6.07 Å². The van der Waals surface area contributed by atoms with E-state index < -0.39 is 52.2 Å². The molecule has 276 valence electrons. The lowest BCUT2D eigenvalue weighted by Crippen LogP contribution is -2.52. The van der Waals surface area contributed by atoms with Gasteiger partial charge in [0.25, 0.3) is 0 Å². The van der Waals surface area contributed by atoms with Gasteiger partial charge >= 0.3 is 12.2 Å². The molecule has 0 radical (unpaired) electrons. The van der Waals surface area contributed by atoms with Gasteiger partial charge in [-0.25, -0.2) is 18.0 Å². The Morgan fingerprint density at radius 2 is 1.78 bits per heavy atom. The first kappa shape index (κ1) is 37.6. The van der Waals surface area contributed by atoms with E-state index in [2.05, 4.69) is 15.4 Å². The van der Waals surface area contributed by atoms with Crippen LogP contribution >= 0.6 is 0 Å². The summed E-state index contributed by atoms with van der Waals surface area (Å²) in [5, 5.41) is 17.3. The van der Waals surface area contributed by atoms with E-state index in [0.29, 0.717) is 63.5 Å². The number of fused-ring (bicyclic) bond motifs is 2. The predicted molar refractivity (Wildman–Crippen MR) is 181 cm³/mol. The molecule has 0 bridgehead atoms. The smallest absolute Gasteiger partial charge is 0.407 e. The summed E-state index contributed by atoms with van der Waals surface area (Å²) >= 11 is 0. The van der Waals surface area contributed by atoms with E-state index in [9.17, 15) is 23.1 Å². The highest BCUT2D eigenvalue weighted by atomic mass is 32.2. The highest BCUT2D eigenvalue weighted by Gasteiger charge is 2.44. The number of nitrogens with one attached hydrogen (secondary N) is 2. The zero-order valence-corrected chi connectivity index (χ0v) is 29.7. The summed E-state index contributed by atoms with van der Waals surface area (Å²) in [6, 6.07) is 12.9. The van der Waals surface area contributed by atoms with Crippen LogP contribution in [0.4, 0.5) is 9.59 Å². The average molecular weight is 720 g/mol. The summed E-state index contributed by atoms with van der Waals surface area (Å²) in [4.78, 5) is 24.7. The van der Waals surface area contributed by atoms with Crippen molar-refractivity contribution in [3.8, 4) is 11.5 Å². The highest BCUT2D eigenvalue weighted by molar-refractivity contribution is 7.89. The topological polar surface area (TPSA) is 171 Å². The number of benzene rings is 2. The Bertz CT molecular complexity index is 1540. The largest absolute Gasteiger partial charge is 0.486 e. The maximum atomic E-state index is 14.4. The van der Waals surface area contributed by atoms with Crippen LogP contribution in [-0.2, 0) is 35.4 Å². The minimum Gasteiger partial charge on any atom is -0.486 e. The van der Waals surface area contributed by atoms with Crippen molar-refractivity contribution in [2.75, 3.05) is 53.2 Å². The number of unbranched alkanes of at least 4 members (excludes halogenated alkanes) is 1. The van der Waals surface area contributed by atoms with Crippen LogP contribution in [0.25, 0.3) is 0 Å². The Hall–Kier alpha value is -3.63. The van der Waals surface area contributed by atoms with Crippen molar-refractivity contribution < 1.29 is 51.5 Å². The SMILES string of the molecule is COC(=O)NCCCCC(C)(C)CN(C[C@@H](O)[C@H](Cc1ccccc1)NC(=O)O[C@H]1CO[C@H]2OCC[C@H]21)S(=O)(=O)c1ccc2c(c1)OCCO2. The third kappa shape index (κ3) is 10.00. The zero-order chi connectivity index (χ0) is 35.7. The molecule has 50 heavy (non-hydrogen) atoms. The number of nitrogens with zero attached hydrogens (tertiary/aromatic N) is 1. The normalized spacial score (nSPS) is 21.3. The molecule has 5 atom stereocenters. The standard InChI is InChI=1S/C35H49N3O11S/c1-35(2,14-7-8-15-36-33(40)44-3)23-38(50(42,43)25-11-12-29-30(20-25)46-18-17-45-29)21-28(39)27(19-24-9-5-4-6-10-24)37-34(41)49-31-22-48-32-26(31)13-16-47-32/h4-6,9-12,20,26-28,31-32,39H,7-8,13-19,21-23H2,1-3H3,(H,36,40)(H,37,41)/t26-,27-,28+,31-,32+/m0/s1. The van der Waals surface area contributed by atoms with Crippen molar-refractivity contribution in [1.82, 2.24) is 14.9 Å². The number of aliphatic hydroxyl groups is 1. The van der Waals surface area contributed by atoms with E-state index >= 15 is 0 Å². The third-order valence-electron chi connectivity index (χ3n) is 9.19. The van der Waals surface area contributed by atoms with Crippen LogP contribution in [0.2, 0.25) is 0 Å². The van der Waals surface area contributed by atoms with E-state index in [4.69, 9.17) is 23.7 Å². The molecule has 0 aliphatic carbocycles. The molecular weight excluding hydrogens is 670 g/mol. The molecule has 3 heterocycles. The van der Waals surface area contributed by atoms with Crippen LogP contribution in [-0.4, -0.2) is 108 Å². The first-order valence-electron chi connectivity index (χ1n) is 17.1. The summed E-state index contributed by atoms with van der Waals surface area (Å²) in [6.07, 6.45) is -0.508. The van der Waals surface area contributed by atoms with Crippen LogP contribution in [0, 0.1) is 11.3 Å². The quantitative estimate of drug-likeness (QED) is 0.217. The van der Waals surface area contributed by atoms with Gasteiger partial charge in [0.15, 0.2) is 17.8 Å². The molecule has 3 aliphatic rings. The monoisotopic (exact) mass is 719 g/mol. The Balaban J connectivity index is 1.35. The molecule has 0 aromatic heterocycles. The lowest BCUT2D eigenvalue weighted by molar-refractivity contribution is -0.0907. The number of aliphatic hydroxyl groups excluding tert-OH is 1.